The zero-order valence-electron chi connectivity index (χ0n) is 9.12. The highest BCUT2D eigenvalue weighted by atomic mass is 35.5. The minimum absolute atomic E-state index is 0.00455. The molecule has 18 heavy (non-hydrogen) atoms. The number of halogens is 3. The Morgan fingerprint density at radius 3 is 2.39 bits per heavy atom. The van der Waals surface area contributed by atoms with Crippen LogP contribution in [-0.4, -0.2) is 4.98 Å². The van der Waals surface area contributed by atoms with Gasteiger partial charge in [0.15, 0.2) is 0 Å². The molecule has 5 heteroatoms. The number of pyridine rings is 1. The molecular formula is C13H7Cl2FN2. The minimum Gasteiger partial charge on any atom is -0.219 e. The summed E-state index contributed by atoms with van der Waals surface area (Å²) in [4.78, 5) is 3.81. The molecule has 0 radical (unpaired) electrons. The van der Waals surface area contributed by atoms with Gasteiger partial charge >= 0.3 is 0 Å². The van der Waals surface area contributed by atoms with E-state index < -0.39 is 5.95 Å². The summed E-state index contributed by atoms with van der Waals surface area (Å²) in [6.45, 7) is 0. The molecule has 1 heterocycles. The quantitative estimate of drug-likeness (QED) is 0.771. The lowest BCUT2D eigenvalue weighted by molar-refractivity contribution is 0.573. The Kier molecular flexibility index (Phi) is 3.81. The van der Waals surface area contributed by atoms with E-state index in [9.17, 15) is 4.39 Å². The molecule has 0 atom stereocenters. The van der Waals surface area contributed by atoms with Crippen molar-refractivity contribution < 1.29 is 4.39 Å². The second kappa shape index (κ2) is 5.34. The van der Waals surface area contributed by atoms with Crippen molar-refractivity contribution >= 4 is 23.2 Å². The number of benzene rings is 1. The van der Waals surface area contributed by atoms with Crippen LogP contribution < -0.4 is 0 Å². The summed E-state index contributed by atoms with van der Waals surface area (Å²) in [5.74, 6) is -0.648. The van der Waals surface area contributed by atoms with Crippen LogP contribution in [0.25, 0.3) is 11.3 Å². The lowest BCUT2D eigenvalue weighted by Crippen LogP contribution is -1.95. The second-order valence-corrected chi connectivity index (χ2v) is 4.51. The first-order valence-electron chi connectivity index (χ1n) is 5.09. The fourth-order valence-electron chi connectivity index (χ4n) is 1.54. The average molecular weight is 281 g/mol. The fraction of sp³-hybridized carbons (Fsp3) is 0.0769. The first-order valence-corrected chi connectivity index (χ1v) is 5.84. The first-order chi connectivity index (χ1) is 8.60. The van der Waals surface area contributed by atoms with Gasteiger partial charge in [-0.2, -0.15) is 9.65 Å². The SMILES string of the molecule is N#CCc1ccc(-c2cc(Cl)cc(Cl)c2)nc1F. The van der Waals surface area contributed by atoms with Crippen LogP contribution in [0.5, 0.6) is 0 Å². The molecule has 0 amide bonds. The van der Waals surface area contributed by atoms with Crippen molar-refractivity contribution in [1.29, 1.82) is 5.26 Å². The van der Waals surface area contributed by atoms with Crippen molar-refractivity contribution in [3.05, 3.63) is 51.9 Å². The largest absolute Gasteiger partial charge is 0.219 e. The Morgan fingerprint density at radius 2 is 1.83 bits per heavy atom. The standard InChI is InChI=1S/C13H7Cl2FN2/c14-10-5-9(6-11(15)7-10)12-2-1-8(3-4-17)13(16)18-12/h1-2,5-7H,3H2. The molecule has 2 nitrogen and oxygen atoms in total. The third-order valence-corrected chi connectivity index (χ3v) is 2.79. The van der Waals surface area contributed by atoms with Crippen molar-refractivity contribution in [3.63, 3.8) is 0 Å². The normalized spacial score (nSPS) is 10.1. The molecule has 0 spiro atoms. The highest BCUT2D eigenvalue weighted by Gasteiger charge is 2.08. The maximum Gasteiger partial charge on any atom is 0.217 e. The predicted octanol–water partition coefficient (Wildman–Crippen LogP) is 4.26. The zero-order chi connectivity index (χ0) is 13.1. The van der Waals surface area contributed by atoms with Gasteiger partial charge in [0.2, 0.25) is 5.95 Å². The smallest absolute Gasteiger partial charge is 0.217 e. The highest BCUT2D eigenvalue weighted by molar-refractivity contribution is 6.35. The average Bonchev–Trinajstić information content (AvgIpc) is 2.30. The van der Waals surface area contributed by atoms with Crippen LogP contribution in [0.3, 0.4) is 0 Å². The van der Waals surface area contributed by atoms with Crippen LogP contribution in [0, 0.1) is 17.3 Å². The van der Waals surface area contributed by atoms with Crippen molar-refractivity contribution in [2.45, 2.75) is 6.42 Å². The molecule has 0 aliphatic carbocycles. The van der Waals surface area contributed by atoms with Crippen LogP contribution in [0.2, 0.25) is 10.0 Å². The molecule has 0 aliphatic rings. The topological polar surface area (TPSA) is 36.7 Å². The molecule has 0 aliphatic heterocycles. The lowest BCUT2D eigenvalue weighted by atomic mass is 10.1. The molecular weight excluding hydrogens is 274 g/mol. The summed E-state index contributed by atoms with van der Waals surface area (Å²) in [6, 6.07) is 9.95. The zero-order valence-corrected chi connectivity index (χ0v) is 10.6. The number of nitrogens with zero attached hydrogens (tertiary/aromatic N) is 2. The van der Waals surface area contributed by atoms with E-state index in [4.69, 9.17) is 28.5 Å². The Morgan fingerprint density at radius 1 is 1.17 bits per heavy atom. The highest BCUT2D eigenvalue weighted by Crippen LogP contribution is 2.26. The third kappa shape index (κ3) is 2.79. The molecule has 1 aromatic carbocycles. The predicted molar refractivity (Wildman–Crippen MR) is 69.0 cm³/mol. The number of hydrogen-bond donors (Lipinski definition) is 0. The summed E-state index contributed by atoms with van der Waals surface area (Å²) < 4.78 is 13.6. The van der Waals surface area contributed by atoms with E-state index in [1.165, 1.54) is 6.07 Å². The summed E-state index contributed by atoms with van der Waals surface area (Å²) in [5, 5.41) is 9.44. The maximum atomic E-state index is 13.6. The van der Waals surface area contributed by atoms with Crippen molar-refractivity contribution in [2.24, 2.45) is 0 Å². The van der Waals surface area contributed by atoms with Gasteiger partial charge in [0.25, 0.3) is 0 Å². The molecule has 90 valence electrons. The maximum absolute atomic E-state index is 13.6. The molecule has 2 rings (SSSR count). The van der Waals surface area contributed by atoms with E-state index in [1.54, 1.807) is 24.3 Å². The van der Waals surface area contributed by atoms with Gasteiger partial charge in [0.05, 0.1) is 18.2 Å². The van der Waals surface area contributed by atoms with Gasteiger partial charge in [-0.15, -0.1) is 0 Å². The van der Waals surface area contributed by atoms with E-state index in [0.717, 1.165) is 0 Å². The Labute approximate surface area is 114 Å². The fourth-order valence-corrected chi connectivity index (χ4v) is 2.07. The number of aromatic nitrogens is 1. The van der Waals surface area contributed by atoms with Crippen molar-refractivity contribution in [3.8, 4) is 17.3 Å². The summed E-state index contributed by atoms with van der Waals surface area (Å²) in [7, 11) is 0. The molecule has 1 aromatic heterocycles. The first kappa shape index (κ1) is 12.8. The number of hydrogen-bond acceptors (Lipinski definition) is 2. The van der Waals surface area contributed by atoms with Gasteiger partial charge in [0.1, 0.15) is 0 Å². The van der Waals surface area contributed by atoms with Crippen LogP contribution in [0.4, 0.5) is 4.39 Å². The van der Waals surface area contributed by atoms with E-state index in [1.807, 2.05) is 6.07 Å². The van der Waals surface area contributed by atoms with E-state index in [0.29, 0.717) is 21.3 Å². The van der Waals surface area contributed by atoms with Crippen molar-refractivity contribution in [2.75, 3.05) is 0 Å². The molecule has 0 unspecified atom stereocenters. The Balaban J connectivity index is 2.46. The van der Waals surface area contributed by atoms with E-state index in [-0.39, 0.29) is 12.0 Å². The van der Waals surface area contributed by atoms with Crippen LogP contribution in [0.1, 0.15) is 5.56 Å². The van der Waals surface area contributed by atoms with Gasteiger partial charge in [-0.3, -0.25) is 0 Å². The lowest BCUT2D eigenvalue weighted by Gasteiger charge is -2.04. The van der Waals surface area contributed by atoms with Crippen LogP contribution in [0.15, 0.2) is 30.3 Å². The summed E-state index contributed by atoms with van der Waals surface area (Å²) in [6.07, 6.45) is -0.00455. The molecule has 0 saturated carbocycles. The van der Waals surface area contributed by atoms with Gasteiger partial charge < -0.3 is 0 Å². The minimum atomic E-state index is -0.648. The van der Waals surface area contributed by atoms with Gasteiger partial charge in [-0.05, 0) is 24.3 Å². The van der Waals surface area contributed by atoms with Gasteiger partial charge in [0, 0.05) is 21.2 Å². The Hall–Kier alpha value is -1.63. The molecule has 0 N–H and O–H groups in total. The third-order valence-electron chi connectivity index (χ3n) is 2.35. The van der Waals surface area contributed by atoms with E-state index in [2.05, 4.69) is 4.98 Å². The molecule has 0 fully saturated rings. The Bertz CT molecular complexity index is 615. The molecule has 2 aromatic rings. The number of rotatable bonds is 2. The number of nitriles is 1. The summed E-state index contributed by atoms with van der Waals surface area (Å²) >= 11 is 11.7. The molecule has 0 saturated heterocycles. The monoisotopic (exact) mass is 280 g/mol. The van der Waals surface area contributed by atoms with Crippen molar-refractivity contribution in [1.82, 2.24) is 4.98 Å². The van der Waals surface area contributed by atoms with Gasteiger partial charge in [-0.25, -0.2) is 4.98 Å². The van der Waals surface area contributed by atoms with Crippen LogP contribution >= 0.6 is 23.2 Å². The van der Waals surface area contributed by atoms with E-state index >= 15 is 0 Å². The summed E-state index contributed by atoms with van der Waals surface area (Å²) in [5.41, 5.74) is 1.34. The molecule has 0 bridgehead atoms. The second-order valence-electron chi connectivity index (χ2n) is 3.64. The van der Waals surface area contributed by atoms with Crippen LogP contribution in [-0.2, 0) is 6.42 Å². The van der Waals surface area contributed by atoms with Gasteiger partial charge in [-0.1, -0.05) is 29.3 Å².